The zero-order valence-corrected chi connectivity index (χ0v) is 14.2. The molecule has 0 aromatic heterocycles. The van der Waals surface area contributed by atoms with Gasteiger partial charge in [-0.2, -0.15) is 0 Å². The molecule has 132 valence electrons. The Balaban J connectivity index is 1.95. The Labute approximate surface area is 145 Å². The first-order valence-corrected chi connectivity index (χ1v) is 7.46. The van der Waals surface area contributed by atoms with Crippen molar-refractivity contribution in [3.05, 3.63) is 59.4 Å². The van der Waals surface area contributed by atoms with Crippen LogP contribution in [0, 0.1) is 5.82 Å². The summed E-state index contributed by atoms with van der Waals surface area (Å²) in [5.41, 5.74) is 1.29. The van der Waals surface area contributed by atoms with E-state index in [1.54, 1.807) is 37.5 Å². The second-order valence-electron chi connectivity index (χ2n) is 5.02. The third-order valence-corrected chi connectivity index (χ3v) is 3.42. The van der Waals surface area contributed by atoms with Crippen molar-refractivity contribution in [2.24, 2.45) is 0 Å². The van der Waals surface area contributed by atoms with Gasteiger partial charge < -0.3 is 18.9 Å². The number of hydrogen-bond donors (Lipinski definition) is 0. The molecule has 2 rings (SSSR count). The number of ether oxygens (including phenoxy) is 4. The van der Waals surface area contributed by atoms with Crippen LogP contribution in [0.4, 0.5) is 4.39 Å². The molecular formula is C19H19FO5. The molecule has 0 radical (unpaired) electrons. The van der Waals surface area contributed by atoms with E-state index in [4.69, 9.17) is 18.9 Å². The minimum atomic E-state index is -0.536. The van der Waals surface area contributed by atoms with Gasteiger partial charge in [0.15, 0.2) is 23.1 Å². The predicted octanol–water partition coefficient (Wildman–Crippen LogP) is 3.61. The van der Waals surface area contributed by atoms with Gasteiger partial charge in [0.25, 0.3) is 0 Å². The van der Waals surface area contributed by atoms with Crippen molar-refractivity contribution in [1.82, 2.24) is 0 Å². The van der Waals surface area contributed by atoms with Crippen molar-refractivity contribution in [3.8, 4) is 17.2 Å². The van der Waals surface area contributed by atoms with Crippen LogP contribution in [0.25, 0.3) is 6.08 Å². The van der Waals surface area contributed by atoms with E-state index in [9.17, 15) is 9.18 Å². The van der Waals surface area contributed by atoms with E-state index < -0.39 is 11.8 Å². The van der Waals surface area contributed by atoms with Crippen LogP contribution >= 0.6 is 0 Å². The summed E-state index contributed by atoms with van der Waals surface area (Å²) in [4.78, 5) is 11.8. The molecule has 0 unspecified atom stereocenters. The molecule has 0 aliphatic heterocycles. The summed E-state index contributed by atoms with van der Waals surface area (Å²) < 4.78 is 33.9. The lowest BCUT2D eigenvalue weighted by molar-refractivity contribution is -0.138. The Hall–Kier alpha value is -3.02. The van der Waals surface area contributed by atoms with Crippen molar-refractivity contribution in [2.45, 2.75) is 6.61 Å². The number of carbonyl (C=O) groups is 1. The van der Waals surface area contributed by atoms with E-state index in [1.165, 1.54) is 32.4 Å². The molecule has 0 saturated carbocycles. The van der Waals surface area contributed by atoms with Crippen molar-refractivity contribution >= 4 is 12.0 Å². The molecule has 0 aliphatic carbocycles. The zero-order chi connectivity index (χ0) is 18.2. The fourth-order valence-electron chi connectivity index (χ4n) is 2.12. The van der Waals surface area contributed by atoms with Crippen molar-refractivity contribution in [2.75, 3.05) is 21.3 Å². The lowest BCUT2D eigenvalue weighted by Crippen LogP contribution is -2.01. The molecular weight excluding hydrogens is 327 g/mol. The molecule has 2 aromatic rings. The molecule has 0 amide bonds. The van der Waals surface area contributed by atoms with Crippen LogP contribution in [0.5, 0.6) is 17.2 Å². The van der Waals surface area contributed by atoms with Crippen molar-refractivity contribution < 1.29 is 28.1 Å². The minimum absolute atomic E-state index is 0.0317. The van der Waals surface area contributed by atoms with Crippen LogP contribution in [0.2, 0.25) is 0 Å². The van der Waals surface area contributed by atoms with Gasteiger partial charge in [0.1, 0.15) is 6.61 Å². The Kier molecular flexibility index (Phi) is 6.39. The number of methoxy groups -OCH3 is 3. The molecule has 0 bridgehead atoms. The van der Waals surface area contributed by atoms with E-state index in [0.717, 1.165) is 5.56 Å². The summed E-state index contributed by atoms with van der Waals surface area (Å²) in [5, 5.41) is 0. The number of halogens is 1. The van der Waals surface area contributed by atoms with Gasteiger partial charge in [0.2, 0.25) is 0 Å². The van der Waals surface area contributed by atoms with Gasteiger partial charge in [-0.3, -0.25) is 0 Å². The highest BCUT2D eigenvalue weighted by atomic mass is 19.1. The highest BCUT2D eigenvalue weighted by molar-refractivity contribution is 5.87. The van der Waals surface area contributed by atoms with Crippen LogP contribution in [0.1, 0.15) is 11.1 Å². The van der Waals surface area contributed by atoms with E-state index >= 15 is 0 Å². The number of esters is 1. The molecule has 0 atom stereocenters. The average Bonchev–Trinajstić information content (AvgIpc) is 2.64. The van der Waals surface area contributed by atoms with Gasteiger partial charge in [0.05, 0.1) is 21.3 Å². The smallest absolute Gasteiger partial charge is 0.331 e. The van der Waals surface area contributed by atoms with E-state index in [-0.39, 0.29) is 12.4 Å². The fourth-order valence-corrected chi connectivity index (χ4v) is 2.12. The minimum Gasteiger partial charge on any atom is -0.494 e. The molecule has 2 aromatic carbocycles. The van der Waals surface area contributed by atoms with Gasteiger partial charge in [-0.25, -0.2) is 9.18 Å². The van der Waals surface area contributed by atoms with Crippen LogP contribution in [-0.4, -0.2) is 27.3 Å². The Morgan fingerprint density at radius 3 is 2.28 bits per heavy atom. The summed E-state index contributed by atoms with van der Waals surface area (Å²) in [6.45, 7) is -0.0317. The summed E-state index contributed by atoms with van der Waals surface area (Å²) in [5.74, 6) is 0.266. The highest BCUT2D eigenvalue weighted by Crippen LogP contribution is 2.28. The standard InChI is InChI=1S/C19H19FO5/c1-22-16-7-5-14(10-15(16)20)12-25-19(21)9-6-13-4-8-17(23-2)18(11-13)24-3/h4-11H,12H2,1-3H3/b9-6+. The Morgan fingerprint density at radius 1 is 0.960 bits per heavy atom. The number of hydrogen-bond acceptors (Lipinski definition) is 5. The molecule has 5 nitrogen and oxygen atoms in total. The van der Waals surface area contributed by atoms with Crippen LogP contribution in [0.15, 0.2) is 42.5 Å². The number of rotatable bonds is 7. The maximum atomic E-state index is 13.6. The van der Waals surface area contributed by atoms with E-state index in [2.05, 4.69) is 0 Å². The van der Waals surface area contributed by atoms with Crippen LogP contribution < -0.4 is 14.2 Å². The maximum absolute atomic E-state index is 13.6. The lowest BCUT2D eigenvalue weighted by atomic mass is 10.2. The van der Waals surface area contributed by atoms with Crippen LogP contribution in [-0.2, 0) is 16.1 Å². The molecule has 0 N–H and O–H groups in total. The van der Waals surface area contributed by atoms with Gasteiger partial charge in [-0.05, 0) is 41.5 Å². The predicted molar refractivity (Wildman–Crippen MR) is 91.3 cm³/mol. The molecule has 0 saturated heterocycles. The molecule has 0 heterocycles. The second-order valence-corrected chi connectivity index (χ2v) is 5.02. The monoisotopic (exact) mass is 346 g/mol. The summed E-state index contributed by atoms with van der Waals surface area (Å²) in [6, 6.07) is 9.64. The Bertz CT molecular complexity index is 770. The molecule has 0 fully saturated rings. The van der Waals surface area contributed by atoms with Gasteiger partial charge >= 0.3 is 5.97 Å². The first-order valence-electron chi connectivity index (χ1n) is 7.46. The van der Waals surface area contributed by atoms with Gasteiger partial charge in [-0.15, -0.1) is 0 Å². The largest absolute Gasteiger partial charge is 0.494 e. The van der Waals surface area contributed by atoms with Gasteiger partial charge in [0, 0.05) is 6.08 Å². The number of carbonyl (C=O) groups excluding carboxylic acids is 1. The quantitative estimate of drug-likeness (QED) is 0.566. The zero-order valence-electron chi connectivity index (χ0n) is 14.2. The van der Waals surface area contributed by atoms with E-state index in [0.29, 0.717) is 17.1 Å². The highest BCUT2D eigenvalue weighted by Gasteiger charge is 2.06. The lowest BCUT2D eigenvalue weighted by Gasteiger charge is -2.07. The summed E-state index contributed by atoms with van der Waals surface area (Å²) in [7, 11) is 4.47. The summed E-state index contributed by atoms with van der Waals surface area (Å²) in [6.07, 6.45) is 2.89. The summed E-state index contributed by atoms with van der Waals surface area (Å²) >= 11 is 0. The van der Waals surface area contributed by atoms with Crippen molar-refractivity contribution in [3.63, 3.8) is 0 Å². The first kappa shape index (κ1) is 18.3. The third-order valence-electron chi connectivity index (χ3n) is 3.42. The topological polar surface area (TPSA) is 54.0 Å². The molecule has 0 spiro atoms. The van der Waals surface area contributed by atoms with Crippen LogP contribution in [0.3, 0.4) is 0 Å². The third kappa shape index (κ3) is 4.97. The SMILES string of the molecule is COc1ccc(COC(=O)/C=C/c2ccc(OC)c(OC)c2)cc1F. The second kappa shape index (κ2) is 8.73. The van der Waals surface area contributed by atoms with Gasteiger partial charge in [-0.1, -0.05) is 12.1 Å². The molecule has 25 heavy (non-hydrogen) atoms. The average molecular weight is 346 g/mol. The van der Waals surface area contributed by atoms with E-state index in [1.807, 2.05) is 0 Å². The molecule has 0 aliphatic rings. The normalized spacial score (nSPS) is 10.6. The maximum Gasteiger partial charge on any atom is 0.331 e. The first-order chi connectivity index (χ1) is 12.1. The molecule has 6 heteroatoms. The Morgan fingerprint density at radius 2 is 1.64 bits per heavy atom. The fraction of sp³-hybridized carbons (Fsp3) is 0.211. The van der Waals surface area contributed by atoms with Crippen molar-refractivity contribution in [1.29, 1.82) is 0 Å². The number of benzene rings is 2.